The second-order valence-corrected chi connectivity index (χ2v) is 7.61. The molecule has 1 amide bonds. The third kappa shape index (κ3) is 2.48. The van der Waals surface area contributed by atoms with Crippen molar-refractivity contribution in [2.75, 3.05) is 33.2 Å². The molecule has 4 nitrogen and oxygen atoms in total. The van der Waals surface area contributed by atoms with Crippen LogP contribution >= 0.6 is 11.3 Å². The van der Waals surface area contributed by atoms with Crippen LogP contribution in [0.4, 0.5) is 0 Å². The van der Waals surface area contributed by atoms with Crippen molar-refractivity contribution in [1.29, 1.82) is 0 Å². The molecule has 1 spiro atoms. The smallest absolute Gasteiger partial charge is 0.223 e. The molecule has 2 aliphatic heterocycles. The van der Waals surface area contributed by atoms with Crippen LogP contribution in [0.2, 0.25) is 0 Å². The Balaban J connectivity index is 1.27. The van der Waals surface area contributed by atoms with Crippen molar-refractivity contribution in [1.82, 2.24) is 9.80 Å². The summed E-state index contributed by atoms with van der Waals surface area (Å²) in [6.07, 6.45) is 1.23. The van der Waals surface area contributed by atoms with Crippen LogP contribution in [0.25, 0.3) is 10.6 Å². The number of likely N-dealkylation sites (tertiary alicyclic amines) is 2. The molecule has 4 rings (SSSR count). The van der Waals surface area contributed by atoms with Crippen LogP contribution in [0.1, 0.15) is 12.2 Å². The molecule has 0 aliphatic carbocycles. The number of furan rings is 1. The van der Waals surface area contributed by atoms with E-state index in [9.17, 15) is 4.79 Å². The lowest BCUT2D eigenvalue weighted by molar-refractivity contribution is -0.156. The first-order valence-corrected chi connectivity index (χ1v) is 8.60. The lowest BCUT2D eigenvalue weighted by atomic mass is 9.73. The number of nitrogens with zero attached hydrogens (tertiary/aromatic N) is 2. The fourth-order valence-corrected chi connectivity index (χ4v) is 4.38. The Kier molecular flexibility index (Phi) is 3.35. The van der Waals surface area contributed by atoms with Gasteiger partial charge in [0.15, 0.2) is 0 Å². The molecule has 0 unspecified atom stereocenters. The highest BCUT2D eigenvalue weighted by atomic mass is 32.1. The summed E-state index contributed by atoms with van der Waals surface area (Å²) >= 11 is 1.67. The van der Waals surface area contributed by atoms with Crippen LogP contribution in [0.5, 0.6) is 0 Å². The Morgan fingerprint density at radius 2 is 2.09 bits per heavy atom. The van der Waals surface area contributed by atoms with Gasteiger partial charge in [-0.1, -0.05) is 6.07 Å². The maximum absolute atomic E-state index is 12.2. The van der Waals surface area contributed by atoms with Gasteiger partial charge in [0, 0.05) is 44.4 Å². The van der Waals surface area contributed by atoms with E-state index in [1.54, 1.807) is 11.3 Å². The van der Waals surface area contributed by atoms with Gasteiger partial charge in [0.1, 0.15) is 11.5 Å². The topological polar surface area (TPSA) is 36.7 Å². The Morgan fingerprint density at radius 3 is 2.77 bits per heavy atom. The van der Waals surface area contributed by atoms with E-state index in [0.717, 1.165) is 42.6 Å². The lowest BCUT2D eigenvalue weighted by Gasteiger charge is -2.59. The molecule has 116 valence electrons. The van der Waals surface area contributed by atoms with Crippen LogP contribution in [-0.4, -0.2) is 48.9 Å². The van der Waals surface area contributed by atoms with Crippen molar-refractivity contribution >= 4 is 17.2 Å². The maximum Gasteiger partial charge on any atom is 0.223 e. The van der Waals surface area contributed by atoms with E-state index >= 15 is 0 Å². The van der Waals surface area contributed by atoms with E-state index in [1.807, 2.05) is 34.5 Å². The SMILES string of the molecule is CN1CC2(C1)CN(C(=O)CCc1ccc(-c3cccs3)o1)C2. The van der Waals surface area contributed by atoms with Crippen molar-refractivity contribution < 1.29 is 9.21 Å². The first-order chi connectivity index (χ1) is 10.6. The van der Waals surface area contributed by atoms with Gasteiger partial charge < -0.3 is 14.2 Å². The summed E-state index contributed by atoms with van der Waals surface area (Å²) in [7, 11) is 2.14. The fourth-order valence-electron chi connectivity index (χ4n) is 3.69. The Bertz CT molecular complexity index is 663. The number of hydrogen-bond donors (Lipinski definition) is 0. The van der Waals surface area contributed by atoms with Gasteiger partial charge in [0.05, 0.1) is 4.88 Å². The molecular weight excluding hydrogens is 296 g/mol. The fraction of sp³-hybridized carbons (Fsp3) is 0.471. The highest BCUT2D eigenvalue weighted by molar-refractivity contribution is 7.13. The molecule has 2 aromatic rings. The molecule has 0 aromatic carbocycles. The van der Waals surface area contributed by atoms with Gasteiger partial charge in [-0.15, -0.1) is 11.3 Å². The zero-order valence-electron chi connectivity index (χ0n) is 12.7. The van der Waals surface area contributed by atoms with E-state index in [-0.39, 0.29) is 5.91 Å². The number of carbonyl (C=O) groups excluding carboxylic acids is 1. The predicted molar refractivity (Wildman–Crippen MR) is 86.9 cm³/mol. The first-order valence-electron chi connectivity index (χ1n) is 7.73. The minimum Gasteiger partial charge on any atom is -0.460 e. The Morgan fingerprint density at radius 1 is 1.27 bits per heavy atom. The number of hydrogen-bond acceptors (Lipinski definition) is 4. The van der Waals surface area contributed by atoms with E-state index in [2.05, 4.69) is 11.9 Å². The maximum atomic E-state index is 12.2. The average Bonchev–Trinajstić information content (AvgIpc) is 3.08. The van der Waals surface area contributed by atoms with Crippen molar-refractivity contribution in [3.8, 4) is 10.6 Å². The first kappa shape index (κ1) is 14.0. The van der Waals surface area contributed by atoms with Gasteiger partial charge in [0.25, 0.3) is 0 Å². The molecule has 0 N–H and O–H groups in total. The summed E-state index contributed by atoms with van der Waals surface area (Å²) in [5.41, 5.74) is 0.418. The molecule has 0 saturated carbocycles. The van der Waals surface area contributed by atoms with Crippen molar-refractivity contribution in [3.63, 3.8) is 0 Å². The second-order valence-electron chi connectivity index (χ2n) is 6.67. The third-order valence-corrected chi connectivity index (χ3v) is 5.51. The van der Waals surface area contributed by atoms with E-state index in [4.69, 9.17) is 4.42 Å². The molecule has 5 heteroatoms. The van der Waals surface area contributed by atoms with Crippen LogP contribution in [0.15, 0.2) is 34.1 Å². The Labute approximate surface area is 134 Å². The summed E-state index contributed by atoms with van der Waals surface area (Å²) < 4.78 is 5.83. The van der Waals surface area contributed by atoms with Crippen LogP contribution in [0, 0.1) is 5.41 Å². The summed E-state index contributed by atoms with van der Waals surface area (Å²) in [6, 6.07) is 8.05. The molecule has 2 aliphatic rings. The summed E-state index contributed by atoms with van der Waals surface area (Å²) in [5.74, 6) is 2.06. The average molecular weight is 316 g/mol. The van der Waals surface area contributed by atoms with Crippen LogP contribution in [0.3, 0.4) is 0 Å². The van der Waals surface area contributed by atoms with Crippen molar-refractivity contribution in [2.45, 2.75) is 12.8 Å². The van der Waals surface area contributed by atoms with Gasteiger partial charge >= 0.3 is 0 Å². The zero-order chi connectivity index (χ0) is 15.2. The molecule has 0 radical (unpaired) electrons. The number of thiophene rings is 1. The molecule has 22 heavy (non-hydrogen) atoms. The monoisotopic (exact) mass is 316 g/mol. The Hall–Kier alpha value is -1.59. The highest BCUT2D eigenvalue weighted by Gasteiger charge is 2.51. The van der Waals surface area contributed by atoms with Gasteiger partial charge in [-0.25, -0.2) is 0 Å². The van der Waals surface area contributed by atoms with Crippen LogP contribution in [-0.2, 0) is 11.2 Å². The van der Waals surface area contributed by atoms with Gasteiger partial charge in [0.2, 0.25) is 5.91 Å². The quantitative estimate of drug-likeness (QED) is 0.870. The predicted octanol–water partition coefficient (Wildman–Crippen LogP) is 2.71. The van der Waals surface area contributed by atoms with Crippen LogP contribution < -0.4 is 0 Å². The van der Waals surface area contributed by atoms with Crippen molar-refractivity contribution in [3.05, 3.63) is 35.4 Å². The normalized spacial score (nSPS) is 20.0. The number of carbonyl (C=O) groups is 1. The van der Waals surface area contributed by atoms with E-state index < -0.39 is 0 Å². The molecule has 0 bridgehead atoms. The third-order valence-electron chi connectivity index (χ3n) is 4.63. The minimum atomic E-state index is 0.259. The number of aryl methyl sites for hydroxylation is 1. The molecule has 2 aromatic heterocycles. The standard InChI is InChI=1S/C17H20N2O2S/c1-18-9-17(10-18)11-19(12-17)16(20)7-5-13-4-6-14(21-13)15-3-2-8-22-15/h2-4,6,8H,5,7,9-12H2,1H3. The van der Waals surface area contributed by atoms with Gasteiger partial charge in [-0.3, -0.25) is 4.79 Å². The largest absolute Gasteiger partial charge is 0.460 e. The summed E-state index contributed by atoms with van der Waals surface area (Å²) in [4.78, 5) is 17.7. The lowest BCUT2D eigenvalue weighted by Crippen LogP contribution is -2.72. The highest BCUT2D eigenvalue weighted by Crippen LogP contribution is 2.38. The van der Waals surface area contributed by atoms with Gasteiger partial charge in [-0.05, 0) is 30.6 Å². The van der Waals surface area contributed by atoms with Crippen molar-refractivity contribution in [2.24, 2.45) is 5.41 Å². The molecule has 2 fully saturated rings. The van der Waals surface area contributed by atoms with E-state index in [1.165, 1.54) is 0 Å². The minimum absolute atomic E-state index is 0.259. The number of rotatable bonds is 4. The number of amides is 1. The zero-order valence-corrected chi connectivity index (χ0v) is 13.6. The molecule has 0 atom stereocenters. The molecular formula is C17H20N2O2S. The summed E-state index contributed by atoms with van der Waals surface area (Å²) in [6.45, 7) is 4.15. The van der Waals surface area contributed by atoms with E-state index in [0.29, 0.717) is 18.3 Å². The summed E-state index contributed by atoms with van der Waals surface area (Å²) in [5, 5.41) is 2.04. The second kappa shape index (κ2) is 5.25. The molecule has 4 heterocycles. The van der Waals surface area contributed by atoms with Gasteiger partial charge in [-0.2, -0.15) is 0 Å². The molecule has 2 saturated heterocycles.